The highest BCUT2D eigenvalue weighted by Crippen LogP contribution is 2.65. The number of thiophene rings is 2. The normalized spacial score (nSPS) is 14.5. The Bertz CT molecular complexity index is 4630. The second-order valence-electron chi connectivity index (χ2n) is 20.3. The minimum atomic E-state index is -0.743. The molecule has 4 heteroatoms. The van der Waals surface area contributed by atoms with Gasteiger partial charge in [0.05, 0.1) is 28.2 Å². The van der Waals surface area contributed by atoms with Crippen LogP contribution in [0.3, 0.4) is 0 Å². The van der Waals surface area contributed by atoms with E-state index in [4.69, 9.17) is 0 Å². The monoisotopic (exact) mass is 1010 g/mol. The minimum Gasteiger partial charge on any atom is -0.310 e. The molecule has 0 amide bonds. The number of nitrogens with zero attached hydrogens (tertiary/aromatic N) is 2. The molecular weight excluding hydrogens is 969 g/mol. The molecule has 0 radical (unpaired) electrons. The van der Waals surface area contributed by atoms with E-state index in [0.717, 1.165) is 34.1 Å². The molecule has 4 heterocycles. The molecule has 2 aliphatic heterocycles. The van der Waals surface area contributed by atoms with E-state index >= 15 is 0 Å². The lowest BCUT2D eigenvalue weighted by atomic mass is 9.59. The van der Waals surface area contributed by atoms with Crippen LogP contribution in [0.1, 0.15) is 22.3 Å². The molecule has 0 N–H and O–H groups in total. The van der Waals surface area contributed by atoms with E-state index in [-0.39, 0.29) is 0 Å². The fraction of sp³-hybridized carbons (Fsp3) is 0.0137. The first-order chi connectivity index (χ1) is 38.2. The molecule has 2 nitrogen and oxygen atoms in total. The van der Waals surface area contributed by atoms with Gasteiger partial charge in [0.2, 0.25) is 0 Å². The standard InChI is InChI=1S/C73H46N2S2/c1-3-17-47(18-4-1)51-37-43-66-62(45-51)73(60-26-9-11-28-64(60)74(66)53-39-33-49(34-40-53)55-23-16-32-70-71(55)59-22-8-14-31-69(59)76-70)61-27-10-12-29-65(61)75(67-44-38-52(46-63(67)73)48-19-5-2-6-20-48)54-41-35-50(36-42-54)56-24-15-25-58-57-21-7-13-30-68(57)77-72(56)58/h1-46H. The van der Waals surface area contributed by atoms with Crippen LogP contribution >= 0.6 is 22.7 Å². The number of fused-ring (bicyclic) bond motifs is 14. The quantitative estimate of drug-likeness (QED) is 0.164. The van der Waals surface area contributed by atoms with E-state index in [2.05, 4.69) is 289 Å². The Morgan fingerprint density at radius 3 is 1.29 bits per heavy atom. The van der Waals surface area contributed by atoms with Crippen molar-refractivity contribution in [2.75, 3.05) is 9.80 Å². The van der Waals surface area contributed by atoms with Gasteiger partial charge in [-0.3, -0.25) is 0 Å². The van der Waals surface area contributed by atoms with Crippen molar-refractivity contribution in [1.29, 1.82) is 0 Å². The van der Waals surface area contributed by atoms with Gasteiger partial charge in [-0.1, -0.05) is 200 Å². The summed E-state index contributed by atoms with van der Waals surface area (Å²) in [7, 11) is 0. The van der Waals surface area contributed by atoms with Gasteiger partial charge in [-0.25, -0.2) is 0 Å². The summed E-state index contributed by atoms with van der Waals surface area (Å²) >= 11 is 3.75. The summed E-state index contributed by atoms with van der Waals surface area (Å²) in [6.45, 7) is 0. The summed E-state index contributed by atoms with van der Waals surface area (Å²) in [6.07, 6.45) is 0. The third-order valence-electron chi connectivity index (χ3n) is 16.3. The SMILES string of the molecule is c1ccc(-c2ccc3c(c2)C2(c4ccccc4N3c3ccc(-c4cccc5c4sc4ccccc45)cc3)c3ccccc3N(c3ccc(-c4cccc5sc6ccccc6c45)cc3)c3ccc(-c4ccccc4)cc32)cc1. The van der Waals surface area contributed by atoms with E-state index < -0.39 is 5.41 Å². The average Bonchev–Trinajstić information content (AvgIpc) is 4.28. The van der Waals surface area contributed by atoms with Crippen LogP contribution < -0.4 is 9.80 Å². The summed E-state index contributed by atoms with van der Waals surface area (Å²) in [6, 6.07) is 104. The Kier molecular flexibility index (Phi) is 9.93. The van der Waals surface area contributed by atoms with Crippen molar-refractivity contribution in [2.45, 2.75) is 5.41 Å². The zero-order chi connectivity index (χ0) is 50.6. The van der Waals surface area contributed by atoms with E-state index in [9.17, 15) is 0 Å². The van der Waals surface area contributed by atoms with Crippen molar-refractivity contribution in [2.24, 2.45) is 0 Å². The predicted octanol–water partition coefficient (Wildman–Crippen LogP) is 21.0. The Hall–Kier alpha value is -9.32. The zero-order valence-electron chi connectivity index (χ0n) is 41.8. The molecule has 77 heavy (non-hydrogen) atoms. The lowest BCUT2D eigenvalue weighted by Crippen LogP contribution is -2.42. The first-order valence-corrected chi connectivity index (χ1v) is 28.0. The summed E-state index contributed by atoms with van der Waals surface area (Å²) < 4.78 is 5.27. The topological polar surface area (TPSA) is 6.48 Å². The molecule has 2 aromatic heterocycles. The van der Waals surface area contributed by atoms with Crippen LogP contribution in [-0.4, -0.2) is 0 Å². The molecule has 1 spiro atoms. The number of anilines is 6. The Morgan fingerprint density at radius 2 is 0.688 bits per heavy atom. The van der Waals surface area contributed by atoms with Crippen molar-refractivity contribution in [1.82, 2.24) is 0 Å². The molecule has 360 valence electrons. The molecule has 0 aliphatic carbocycles. The number of hydrogen-bond acceptors (Lipinski definition) is 4. The molecule has 0 saturated carbocycles. The average molecular weight is 1020 g/mol. The maximum atomic E-state index is 2.51. The Morgan fingerprint density at radius 1 is 0.260 bits per heavy atom. The zero-order valence-corrected chi connectivity index (χ0v) is 43.4. The van der Waals surface area contributed by atoms with Crippen LogP contribution in [0.15, 0.2) is 279 Å². The molecule has 1 atom stereocenters. The molecule has 0 bridgehead atoms. The summed E-state index contributed by atoms with van der Waals surface area (Å²) in [5, 5.41) is 5.26. The van der Waals surface area contributed by atoms with E-state index in [1.807, 2.05) is 22.7 Å². The van der Waals surface area contributed by atoms with Crippen molar-refractivity contribution in [3.63, 3.8) is 0 Å². The highest BCUT2D eigenvalue weighted by Gasteiger charge is 2.52. The summed E-state index contributed by atoms with van der Waals surface area (Å²) in [5.41, 5.74) is 20.7. The Balaban J connectivity index is 0.919. The fourth-order valence-corrected chi connectivity index (χ4v) is 15.3. The highest BCUT2D eigenvalue weighted by atomic mass is 32.1. The van der Waals surface area contributed by atoms with Crippen molar-refractivity contribution >= 4 is 97.1 Å². The van der Waals surface area contributed by atoms with Gasteiger partial charge in [0.1, 0.15) is 0 Å². The van der Waals surface area contributed by atoms with E-state index in [1.54, 1.807) is 0 Å². The smallest absolute Gasteiger partial charge is 0.0783 e. The van der Waals surface area contributed by atoms with Crippen LogP contribution in [0.5, 0.6) is 0 Å². The van der Waals surface area contributed by atoms with Crippen LogP contribution in [0.4, 0.5) is 34.1 Å². The first-order valence-electron chi connectivity index (χ1n) is 26.4. The van der Waals surface area contributed by atoms with Gasteiger partial charge < -0.3 is 9.80 Å². The third kappa shape index (κ3) is 6.66. The number of benzene rings is 12. The summed E-state index contributed by atoms with van der Waals surface area (Å²) in [5.74, 6) is 0. The molecule has 0 saturated heterocycles. The van der Waals surface area contributed by atoms with Gasteiger partial charge in [0, 0.05) is 51.7 Å². The van der Waals surface area contributed by atoms with Crippen LogP contribution in [0.25, 0.3) is 84.9 Å². The van der Waals surface area contributed by atoms with Gasteiger partial charge in [-0.15, -0.1) is 22.7 Å². The van der Waals surface area contributed by atoms with E-state index in [1.165, 1.54) is 107 Å². The van der Waals surface area contributed by atoms with Gasteiger partial charge in [-0.05, 0) is 146 Å². The van der Waals surface area contributed by atoms with Gasteiger partial charge in [0.15, 0.2) is 0 Å². The van der Waals surface area contributed by atoms with Crippen molar-refractivity contribution < 1.29 is 0 Å². The molecule has 16 rings (SSSR count). The van der Waals surface area contributed by atoms with Gasteiger partial charge in [-0.2, -0.15) is 0 Å². The highest BCUT2D eigenvalue weighted by molar-refractivity contribution is 7.26. The maximum Gasteiger partial charge on any atom is 0.0783 e. The maximum absolute atomic E-state index is 2.51. The molecule has 1 unspecified atom stereocenters. The van der Waals surface area contributed by atoms with Gasteiger partial charge in [0.25, 0.3) is 0 Å². The molecule has 2 aliphatic rings. The van der Waals surface area contributed by atoms with Gasteiger partial charge >= 0.3 is 0 Å². The Labute approximate surface area is 455 Å². The second-order valence-corrected chi connectivity index (χ2v) is 22.4. The van der Waals surface area contributed by atoms with Crippen LogP contribution in [0.2, 0.25) is 0 Å². The lowest BCUT2D eigenvalue weighted by Gasteiger charge is -2.51. The van der Waals surface area contributed by atoms with Crippen LogP contribution in [-0.2, 0) is 5.41 Å². The van der Waals surface area contributed by atoms with Crippen molar-refractivity contribution in [3.8, 4) is 44.5 Å². The predicted molar refractivity (Wildman–Crippen MR) is 329 cm³/mol. The summed E-state index contributed by atoms with van der Waals surface area (Å²) in [4.78, 5) is 5.03. The van der Waals surface area contributed by atoms with E-state index in [0.29, 0.717) is 0 Å². The minimum absolute atomic E-state index is 0.743. The fourth-order valence-electron chi connectivity index (χ4n) is 12.9. The molecule has 12 aromatic carbocycles. The number of hydrogen-bond donors (Lipinski definition) is 0. The number of para-hydroxylation sites is 2. The first kappa shape index (κ1) is 44.0. The third-order valence-corrected chi connectivity index (χ3v) is 18.6. The second kappa shape index (κ2) is 17.4. The lowest BCUT2D eigenvalue weighted by molar-refractivity contribution is 0.719. The molecule has 0 fully saturated rings. The number of rotatable bonds is 6. The van der Waals surface area contributed by atoms with Crippen LogP contribution in [0, 0.1) is 0 Å². The van der Waals surface area contributed by atoms with Crippen molar-refractivity contribution in [3.05, 3.63) is 301 Å². The molecule has 14 aromatic rings. The largest absolute Gasteiger partial charge is 0.310 e. The molecular formula is C73H46N2S2.